The van der Waals surface area contributed by atoms with E-state index in [1.54, 1.807) is 39.8 Å². The fourth-order valence-corrected chi connectivity index (χ4v) is 7.31. The summed E-state index contributed by atoms with van der Waals surface area (Å²) in [6.45, 7) is 12.4. The predicted octanol–water partition coefficient (Wildman–Crippen LogP) is 5.05. The molecule has 3 aliphatic heterocycles. The van der Waals surface area contributed by atoms with Gasteiger partial charge in [0.1, 0.15) is 23.4 Å². The summed E-state index contributed by atoms with van der Waals surface area (Å²) in [5, 5.41) is 59.7. The first-order valence-corrected chi connectivity index (χ1v) is 17.9. The summed E-state index contributed by atoms with van der Waals surface area (Å²) in [6.07, 6.45) is 2.02. The number of phenolic OH excluding ortho intramolecular Hbond substituents is 3. The lowest BCUT2D eigenvalue weighted by atomic mass is 9.78. The lowest BCUT2D eigenvalue weighted by Gasteiger charge is -2.38. The smallest absolute Gasteiger partial charge is 0.312 e. The summed E-state index contributed by atoms with van der Waals surface area (Å²) in [5.41, 5.74) is -0.680. The first kappa shape index (κ1) is 43.1. The van der Waals surface area contributed by atoms with Gasteiger partial charge in [0.05, 0.1) is 46.8 Å². The van der Waals surface area contributed by atoms with Crippen LogP contribution in [0.3, 0.4) is 0 Å². The Morgan fingerprint density at radius 2 is 1.53 bits per heavy atom. The number of hydrogen-bond donors (Lipinski definition) is 6. The third-order valence-electron chi connectivity index (χ3n) is 10.7. The number of aliphatic hydroxyl groups excluding tert-OH is 2. The van der Waals surface area contributed by atoms with Crippen LogP contribution >= 0.6 is 0 Å². The molecule has 5 rings (SSSR count). The van der Waals surface area contributed by atoms with E-state index in [2.05, 4.69) is 5.32 Å². The van der Waals surface area contributed by atoms with Crippen LogP contribution in [-0.2, 0) is 33.3 Å². The summed E-state index contributed by atoms with van der Waals surface area (Å²) in [7, 11) is 3.94. The zero-order valence-corrected chi connectivity index (χ0v) is 33.0. The highest BCUT2D eigenvalue weighted by Crippen LogP contribution is 2.56. The molecule has 1 amide bonds. The average Bonchev–Trinajstić information content (AvgIpc) is 3.41. The highest BCUT2D eigenvalue weighted by molar-refractivity contribution is 6.22. The van der Waals surface area contributed by atoms with Crippen molar-refractivity contribution in [3.8, 4) is 23.0 Å². The van der Waals surface area contributed by atoms with Gasteiger partial charge >= 0.3 is 11.8 Å². The van der Waals surface area contributed by atoms with Crippen molar-refractivity contribution in [2.24, 2.45) is 23.7 Å². The number of Topliss-reactive ketones (excluding diaryl/α,β-unsaturated/α-hetero) is 1. The number of carbonyl (C=O) groups is 3. The monoisotopic (exact) mass is 771 g/mol. The number of fused-ring (bicyclic) bond motifs is 14. The second kappa shape index (κ2) is 17.0. The molecular formula is C40H53NO14. The van der Waals surface area contributed by atoms with Crippen molar-refractivity contribution in [3.63, 3.8) is 0 Å². The van der Waals surface area contributed by atoms with E-state index in [-0.39, 0.29) is 44.5 Å². The number of hydrogen-bond acceptors (Lipinski definition) is 14. The van der Waals surface area contributed by atoms with Crippen molar-refractivity contribution in [1.82, 2.24) is 0 Å². The number of allylic oxidation sites excluding steroid dienone is 2. The summed E-state index contributed by atoms with van der Waals surface area (Å²) < 4.78 is 34.3. The molecule has 15 heteroatoms. The van der Waals surface area contributed by atoms with Crippen molar-refractivity contribution < 1.29 is 68.3 Å². The lowest BCUT2D eigenvalue weighted by molar-refractivity contribution is -0.160. The third kappa shape index (κ3) is 8.03. The van der Waals surface area contributed by atoms with Crippen LogP contribution in [0.2, 0.25) is 0 Å². The molecule has 5 bridgehead atoms. The molecule has 0 radical (unpaired) electrons. The third-order valence-corrected chi connectivity index (χ3v) is 10.7. The Kier molecular flexibility index (Phi) is 13.3. The van der Waals surface area contributed by atoms with Gasteiger partial charge in [-0.25, -0.2) is 0 Å². The molecule has 2 aromatic rings. The minimum absolute atomic E-state index is 0.0272. The Labute approximate surface area is 320 Å². The number of anilines is 1. The molecule has 0 aliphatic carbocycles. The SMILES string of the molecule is COC(OC)c1c2c(O)c3c(O)c(C)c4c(c3c1O)C(=O)[C@@](C)(O/C=C/[C@H](OC)[C@@H](C)[C@@H](OC(C)=O)[C@H](C)[C@H](O)[C@H](C)[C@@H](O)[C@@H](C)/C=C/C=C(\C)C(=O)N2)O4. The number of aliphatic hydroxyl groups is 2. The molecule has 15 nitrogen and oxygen atoms in total. The van der Waals surface area contributed by atoms with Crippen LogP contribution in [0.25, 0.3) is 10.8 Å². The van der Waals surface area contributed by atoms with Gasteiger partial charge in [-0.2, -0.15) is 0 Å². The van der Waals surface area contributed by atoms with E-state index in [9.17, 15) is 39.9 Å². The number of esters is 1. The van der Waals surface area contributed by atoms with Gasteiger partial charge in [-0.3, -0.25) is 14.4 Å². The van der Waals surface area contributed by atoms with E-state index >= 15 is 0 Å². The van der Waals surface area contributed by atoms with Gasteiger partial charge in [0, 0.05) is 75.4 Å². The molecule has 6 N–H and O–H groups in total. The molecular weight excluding hydrogens is 718 g/mol. The molecule has 3 aliphatic rings. The van der Waals surface area contributed by atoms with Gasteiger partial charge in [0.2, 0.25) is 0 Å². The second-order valence-electron chi connectivity index (χ2n) is 14.4. The minimum atomic E-state index is -2.06. The number of methoxy groups -OCH3 is 3. The molecule has 2 aromatic carbocycles. The molecule has 0 aromatic heterocycles. The standard InChI is InChI=1S/C40H53NO14/c1-17-13-12-14-18(2)38(49)41-29-28(39(51-10)52-11)33(46)25-26(34(29)47)32(45)22(6)36-27(25)37(48)40(8,55-36)53-16-15-24(50-9)19(3)35(54-23(7)42)21(5)31(44)20(4)30(17)43/h12-17,19-21,24,30-31,35,39,43-47H,1-11H3,(H,41,49)/b13-12+,16-15+,18-14+/t17-,19+,20+,21+,24-,30-,31+,35+,40-/m0/s1. The van der Waals surface area contributed by atoms with Gasteiger partial charge in [-0.1, -0.05) is 45.9 Å². The number of carbonyl (C=O) groups excluding carboxylic acids is 3. The first-order valence-electron chi connectivity index (χ1n) is 17.9. The van der Waals surface area contributed by atoms with E-state index in [4.69, 9.17) is 28.4 Å². The number of aromatic hydroxyl groups is 3. The van der Waals surface area contributed by atoms with Crippen molar-refractivity contribution in [2.75, 3.05) is 26.6 Å². The molecule has 3 heterocycles. The Morgan fingerprint density at radius 1 is 0.891 bits per heavy atom. The average molecular weight is 772 g/mol. The molecule has 55 heavy (non-hydrogen) atoms. The molecule has 0 unspecified atom stereocenters. The van der Waals surface area contributed by atoms with Crippen LogP contribution < -0.4 is 10.1 Å². The van der Waals surface area contributed by atoms with Crippen LogP contribution in [0.15, 0.2) is 36.1 Å². The molecule has 0 spiro atoms. The Balaban J connectivity index is 1.98. The highest BCUT2D eigenvalue weighted by Gasteiger charge is 2.50. The zero-order chi connectivity index (χ0) is 41.3. The number of benzene rings is 2. The summed E-state index contributed by atoms with van der Waals surface area (Å²) in [4.78, 5) is 40.1. The van der Waals surface area contributed by atoms with Crippen LogP contribution in [0.5, 0.6) is 23.0 Å². The maximum Gasteiger partial charge on any atom is 0.312 e. The van der Waals surface area contributed by atoms with E-state index < -0.39 is 95.1 Å². The number of ketones is 1. The number of rotatable bonds is 5. The fraction of sp³-hybridized carbons (Fsp3) is 0.525. The quantitative estimate of drug-likeness (QED) is 0.102. The van der Waals surface area contributed by atoms with Gasteiger partial charge < -0.3 is 59.3 Å². The normalized spacial score (nSPS) is 31.4. The van der Waals surface area contributed by atoms with Gasteiger partial charge in [0.15, 0.2) is 12.0 Å². The molecule has 0 fully saturated rings. The first-order chi connectivity index (χ1) is 25.8. The van der Waals surface area contributed by atoms with E-state index in [0.717, 1.165) is 0 Å². The van der Waals surface area contributed by atoms with E-state index in [0.29, 0.717) is 0 Å². The van der Waals surface area contributed by atoms with Crippen LogP contribution in [0, 0.1) is 30.6 Å². The maximum atomic E-state index is 14.3. The molecule has 0 saturated carbocycles. The number of amides is 1. The van der Waals surface area contributed by atoms with Crippen molar-refractivity contribution in [3.05, 3.63) is 52.8 Å². The minimum Gasteiger partial charge on any atom is -0.507 e. The van der Waals surface area contributed by atoms with Crippen molar-refractivity contribution in [2.45, 2.75) is 91.9 Å². The fourth-order valence-electron chi connectivity index (χ4n) is 7.31. The number of ether oxygens (including phenoxy) is 6. The van der Waals surface area contributed by atoms with Crippen LogP contribution in [0.4, 0.5) is 5.69 Å². The summed E-state index contributed by atoms with van der Waals surface area (Å²) >= 11 is 0. The van der Waals surface area contributed by atoms with Crippen molar-refractivity contribution in [1.29, 1.82) is 0 Å². The Morgan fingerprint density at radius 3 is 2.11 bits per heavy atom. The topological polar surface area (TPSA) is 220 Å². The molecule has 9 atom stereocenters. The molecule has 302 valence electrons. The maximum absolute atomic E-state index is 14.3. The largest absolute Gasteiger partial charge is 0.507 e. The van der Waals surface area contributed by atoms with Crippen LogP contribution in [-0.4, -0.2) is 94.7 Å². The van der Waals surface area contributed by atoms with Crippen LogP contribution in [0.1, 0.15) is 76.2 Å². The van der Waals surface area contributed by atoms with Crippen molar-refractivity contribution >= 4 is 34.1 Å². The van der Waals surface area contributed by atoms with Gasteiger partial charge in [-0.05, 0) is 19.9 Å². The van der Waals surface area contributed by atoms with E-state index in [1.165, 1.54) is 67.4 Å². The van der Waals surface area contributed by atoms with E-state index in [1.807, 2.05) is 0 Å². The predicted molar refractivity (Wildman–Crippen MR) is 201 cm³/mol. The zero-order valence-electron chi connectivity index (χ0n) is 33.0. The summed E-state index contributed by atoms with van der Waals surface area (Å²) in [6, 6.07) is 0. The summed E-state index contributed by atoms with van der Waals surface area (Å²) in [5.74, 6) is -8.72. The second-order valence-corrected chi connectivity index (χ2v) is 14.4. The van der Waals surface area contributed by atoms with Gasteiger partial charge in [0.25, 0.3) is 11.7 Å². The molecule has 0 saturated heterocycles. The Bertz CT molecular complexity index is 1900. The lowest BCUT2D eigenvalue weighted by Crippen LogP contribution is -2.46. The highest BCUT2D eigenvalue weighted by atomic mass is 16.7. The number of phenols is 3. The van der Waals surface area contributed by atoms with Gasteiger partial charge in [-0.15, -0.1) is 0 Å². The number of nitrogens with one attached hydrogen (secondary N) is 1. The Hall–Kier alpha value is -4.67.